The van der Waals surface area contributed by atoms with Crippen molar-refractivity contribution < 1.29 is 14.2 Å². The van der Waals surface area contributed by atoms with Crippen LogP contribution in [0.4, 0.5) is 5.69 Å². The second kappa shape index (κ2) is 15.6. The fraction of sp³-hybridized carbons (Fsp3) is 0.739. The van der Waals surface area contributed by atoms with Crippen molar-refractivity contribution in [2.24, 2.45) is 0 Å². The van der Waals surface area contributed by atoms with Crippen molar-refractivity contribution in [1.82, 2.24) is 0 Å². The molecule has 2 N–H and O–H groups in total. The molecule has 1 rings (SSSR count). The van der Waals surface area contributed by atoms with E-state index in [9.17, 15) is 0 Å². The summed E-state index contributed by atoms with van der Waals surface area (Å²) in [6, 6.07) is 3.83. The summed E-state index contributed by atoms with van der Waals surface area (Å²) in [5.41, 5.74) is 7.83. The highest BCUT2D eigenvalue weighted by Crippen LogP contribution is 2.33. The van der Waals surface area contributed by atoms with Crippen LogP contribution in [0.15, 0.2) is 12.1 Å². The Labute approximate surface area is 166 Å². The van der Waals surface area contributed by atoms with Gasteiger partial charge in [0, 0.05) is 18.7 Å². The number of aryl methyl sites for hydroxylation is 1. The first-order chi connectivity index (χ1) is 13.2. The summed E-state index contributed by atoms with van der Waals surface area (Å²) in [6.45, 7) is 2.48. The fourth-order valence-electron chi connectivity index (χ4n) is 3.44. The minimum Gasteiger partial charge on any atom is -0.497 e. The van der Waals surface area contributed by atoms with E-state index in [1.54, 1.807) is 20.3 Å². The van der Waals surface area contributed by atoms with Crippen molar-refractivity contribution in [1.29, 1.82) is 0 Å². The Bertz CT molecular complexity index is 491. The fourth-order valence-corrected chi connectivity index (χ4v) is 3.44. The van der Waals surface area contributed by atoms with Gasteiger partial charge in [0.2, 0.25) is 0 Å². The van der Waals surface area contributed by atoms with E-state index in [1.807, 2.05) is 6.07 Å². The largest absolute Gasteiger partial charge is 0.497 e. The van der Waals surface area contributed by atoms with Crippen molar-refractivity contribution in [3.8, 4) is 11.5 Å². The summed E-state index contributed by atoms with van der Waals surface area (Å²) in [4.78, 5) is 0. The van der Waals surface area contributed by atoms with E-state index >= 15 is 0 Å². The number of ether oxygens (including phenoxy) is 3. The molecule has 27 heavy (non-hydrogen) atoms. The highest BCUT2D eigenvalue weighted by Gasteiger charge is 2.11. The summed E-state index contributed by atoms with van der Waals surface area (Å²) in [6.07, 6.45) is 17.2. The average Bonchev–Trinajstić information content (AvgIpc) is 2.67. The lowest BCUT2D eigenvalue weighted by molar-refractivity contribution is 0.0509. The number of anilines is 1. The molecule has 0 unspecified atom stereocenters. The maximum absolute atomic E-state index is 6.11. The zero-order valence-electron chi connectivity index (χ0n) is 17.9. The number of hydrogen-bond acceptors (Lipinski definition) is 4. The second-order valence-electron chi connectivity index (χ2n) is 7.39. The average molecular weight is 380 g/mol. The SMILES string of the molecule is CCCCCCCCCCCCCCc1cc(OC)cc(N)c1OCOC. The van der Waals surface area contributed by atoms with Crippen molar-refractivity contribution >= 4 is 5.69 Å². The predicted octanol–water partition coefficient (Wildman–Crippen LogP) is 6.50. The number of nitrogens with two attached hydrogens (primary N) is 1. The van der Waals surface area contributed by atoms with Crippen LogP contribution in [0, 0.1) is 0 Å². The zero-order valence-corrected chi connectivity index (χ0v) is 17.9. The van der Waals surface area contributed by atoms with Crippen LogP contribution in [0.25, 0.3) is 0 Å². The van der Waals surface area contributed by atoms with E-state index in [2.05, 4.69) is 6.92 Å². The van der Waals surface area contributed by atoms with E-state index in [0.717, 1.165) is 29.9 Å². The zero-order chi connectivity index (χ0) is 19.7. The predicted molar refractivity (Wildman–Crippen MR) is 115 cm³/mol. The molecule has 0 aliphatic rings. The third-order valence-electron chi connectivity index (χ3n) is 5.02. The van der Waals surface area contributed by atoms with E-state index in [-0.39, 0.29) is 6.79 Å². The highest BCUT2D eigenvalue weighted by atomic mass is 16.7. The summed E-state index contributed by atoms with van der Waals surface area (Å²) in [7, 11) is 3.28. The molecular formula is C23H41NO3. The molecule has 0 bridgehead atoms. The summed E-state index contributed by atoms with van der Waals surface area (Å²) in [5.74, 6) is 1.52. The third-order valence-corrected chi connectivity index (χ3v) is 5.02. The number of nitrogen functional groups attached to an aromatic ring is 1. The van der Waals surface area contributed by atoms with Gasteiger partial charge in [-0.3, -0.25) is 0 Å². The van der Waals surface area contributed by atoms with Crippen LogP contribution < -0.4 is 15.2 Å². The molecular weight excluding hydrogens is 338 g/mol. The maximum Gasteiger partial charge on any atom is 0.188 e. The molecule has 0 atom stereocenters. The number of methoxy groups -OCH3 is 2. The molecule has 1 aromatic carbocycles. The van der Waals surface area contributed by atoms with Crippen LogP contribution >= 0.6 is 0 Å². The monoisotopic (exact) mass is 379 g/mol. The van der Waals surface area contributed by atoms with Crippen molar-refractivity contribution in [2.75, 3.05) is 26.7 Å². The van der Waals surface area contributed by atoms with Crippen molar-refractivity contribution in [2.45, 2.75) is 90.4 Å². The molecule has 156 valence electrons. The summed E-state index contributed by atoms with van der Waals surface area (Å²) < 4.78 is 16.0. The van der Waals surface area contributed by atoms with Crippen LogP contribution in [0.2, 0.25) is 0 Å². The molecule has 0 spiro atoms. The number of unbranched alkanes of at least 4 members (excludes halogenated alkanes) is 11. The molecule has 0 amide bonds. The normalized spacial score (nSPS) is 10.9. The van der Waals surface area contributed by atoms with Crippen molar-refractivity contribution in [3.05, 3.63) is 17.7 Å². The first-order valence-corrected chi connectivity index (χ1v) is 10.8. The van der Waals surface area contributed by atoms with Gasteiger partial charge in [0.15, 0.2) is 6.79 Å². The minimum absolute atomic E-state index is 0.210. The van der Waals surface area contributed by atoms with Gasteiger partial charge >= 0.3 is 0 Å². The lowest BCUT2D eigenvalue weighted by Gasteiger charge is -2.15. The van der Waals surface area contributed by atoms with E-state index < -0.39 is 0 Å². The molecule has 0 saturated carbocycles. The van der Waals surface area contributed by atoms with Crippen LogP contribution in [0.5, 0.6) is 11.5 Å². The Morgan fingerprint density at radius 3 is 1.85 bits per heavy atom. The Kier molecular flexibility index (Phi) is 13.7. The van der Waals surface area contributed by atoms with Gasteiger partial charge < -0.3 is 19.9 Å². The molecule has 4 nitrogen and oxygen atoms in total. The topological polar surface area (TPSA) is 53.7 Å². The van der Waals surface area contributed by atoms with Crippen molar-refractivity contribution in [3.63, 3.8) is 0 Å². The highest BCUT2D eigenvalue weighted by molar-refractivity contribution is 5.60. The molecule has 0 aliphatic heterocycles. The van der Waals surface area contributed by atoms with Crippen LogP contribution in [0.3, 0.4) is 0 Å². The minimum atomic E-state index is 0.210. The Balaban J connectivity index is 2.21. The van der Waals surface area contributed by atoms with E-state index in [1.165, 1.54) is 70.6 Å². The first kappa shape index (κ1) is 23.6. The maximum atomic E-state index is 6.11. The van der Waals surface area contributed by atoms with Crippen LogP contribution in [0.1, 0.15) is 89.5 Å². The molecule has 0 saturated heterocycles. The lowest BCUT2D eigenvalue weighted by Crippen LogP contribution is -2.05. The molecule has 0 aliphatic carbocycles. The molecule has 0 heterocycles. The number of rotatable bonds is 17. The molecule has 4 heteroatoms. The molecule has 0 aromatic heterocycles. The van der Waals surface area contributed by atoms with Crippen LogP contribution in [-0.2, 0) is 11.2 Å². The summed E-state index contributed by atoms with van der Waals surface area (Å²) >= 11 is 0. The van der Waals surface area contributed by atoms with Gasteiger partial charge in [-0.05, 0) is 18.9 Å². The number of hydrogen-bond donors (Lipinski definition) is 1. The van der Waals surface area contributed by atoms with Gasteiger partial charge in [-0.25, -0.2) is 0 Å². The van der Waals surface area contributed by atoms with E-state index in [0.29, 0.717) is 5.69 Å². The first-order valence-electron chi connectivity index (χ1n) is 10.8. The van der Waals surface area contributed by atoms with E-state index in [4.69, 9.17) is 19.9 Å². The van der Waals surface area contributed by atoms with Gasteiger partial charge in [-0.1, -0.05) is 77.6 Å². The summed E-state index contributed by atoms with van der Waals surface area (Å²) in [5, 5.41) is 0. The van der Waals surface area contributed by atoms with Gasteiger partial charge in [-0.15, -0.1) is 0 Å². The standard InChI is InChI=1S/C23H41NO3/c1-4-5-6-7-8-9-10-11-12-13-14-15-16-20-17-21(26-3)18-22(24)23(20)27-19-25-2/h17-18H,4-16,19,24H2,1-3H3. The Morgan fingerprint density at radius 2 is 1.33 bits per heavy atom. The Hall–Kier alpha value is -1.42. The lowest BCUT2D eigenvalue weighted by atomic mass is 10.0. The number of benzene rings is 1. The third kappa shape index (κ3) is 10.5. The second-order valence-corrected chi connectivity index (χ2v) is 7.39. The quantitative estimate of drug-likeness (QED) is 0.191. The Morgan fingerprint density at radius 1 is 0.778 bits per heavy atom. The van der Waals surface area contributed by atoms with Crippen LogP contribution in [-0.4, -0.2) is 21.0 Å². The smallest absolute Gasteiger partial charge is 0.188 e. The molecule has 0 fully saturated rings. The van der Waals surface area contributed by atoms with Gasteiger partial charge in [0.05, 0.1) is 12.8 Å². The van der Waals surface area contributed by atoms with Gasteiger partial charge in [0.25, 0.3) is 0 Å². The van der Waals surface area contributed by atoms with Gasteiger partial charge in [-0.2, -0.15) is 0 Å². The van der Waals surface area contributed by atoms with Gasteiger partial charge in [0.1, 0.15) is 11.5 Å². The molecule has 1 aromatic rings. The molecule has 0 radical (unpaired) electrons.